The fourth-order valence-corrected chi connectivity index (χ4v) is 5.18. The number of imidazole rings is 1. The molecule has 0 atom stereocenters. The number of piperazine rings is 1. The maximum Gasteiger partial charge on any atom is 0.185 e. The van der Waals surface area contributed by atoms with E-state index in [0.29, 0.717) is 12.3 Å². The van der Waals surface area contributed by atoms with Crippen molar-refractivity contribution in [2.75, 3.05) is 50.2 Å². The number of benzene rings is 2. The van der Waals surface area contributed by atoms with Gasteiger partial charge in [0.05, 0.1) is 55.1 Å². The minimum absolute atomic E-state index is 0. The number of nitrogens with zero attached hydrogens (tertiary/aromatic N) is 5. The van der Waals surface area contributed by atoms with Crippen LogP contribution in [0, 0.1) is 6.92 Å². The quantitative estimate of drug-likeness (QED) is 0.369. The van der Waals surface area contributed by atoms with E-state index in [4.69, 9.17) is 26.2 Å². The SMILES string of the molecule is CCc1nn(Cc2c[nH]cn2)c2cc(OC)c(OC)c(N3CCN(c4cccc(Cl)c4C)CC3)c12.Cl.O. The standard InChI is InChI=1S/C26H31ClN6O2.ClH.H2O/c1-5-20-24-22(33(30-20)15-18-14-28-16-29-18)13-23(34-3)26(35-4)25(24)32-11-9-31(10-12-32)21-8-6-7-19(27)17(21)2;;/h6-8,13-14,16H,5,9-12,15H2,1-4H3,(H,28,29);1H;1H2. The van der Waals surface area contributed by atoms with E-state index < -0.39 is 0 Å². The van der Waals surface area contributed by atoms with Crippen molar-refractivity contribution in [1.29, 1.82) is 0 Å². The Bertz CT molecular complexity index is 1330. The maximum absolute atomic E-state index is 6.40. The van der Waals surface area contributed by atoms with Crippen molar-refractivity contribution in [3.63, 3.8) is 0 Å². The predicted octanol–water partition coefficient (Wildman–Crippen LogP) is 4.27. The lowest BCUT2D eigenvalue weighted by Crippen LogP contribution is -2.47. The zero-order valence-electron chi connectivity index (χ0n) is 21.5. The van der Waals surface area contributed by atoms with E-state index in [2.05, 4.69) is 39.7 Å². The van der Waals surface area contributed by atoms with Gasteiger partial charge in [0.15, 0.2) is 11.5 Å². The molecule has 0 radical (unpaired) electrons. The van der Waals surface area contributed by atoms with Gasteiger partial charge in [0.1, 0.15) is 0 Å². The number of hydrogen-bond donors (Lipinski definition) is 1. The van der Waals surface area contributed by atoms with Crippen molar-refractivity contribution in [2.24, 2.45) is 0 Å². The average Bonchev–Trinajstić information content (AvgIpc) is 3.52. The van der Waals surface area contributed by atoms with Gasteiger partial charge in [-0.1, -0.05) is 24.6 Å². The Morgan fingerprint density at radius 2 is 1.81 bits per heavy atom. The molecule has 0 saturated carbocycles. The molecular formula is C26H34Cl2N6O3. The van der Waals surface area contributed by atoms with Gasteiger partial charge in [0.2, 0.25) is 0 Å². The minimum atomic E-state index is 0. The number of rotatable bonds is 7. The normalized spacial score (nSPS) is 13.3. The van der Waals surface area contributed by atoms with Crippen LogP contribution in [0.25, 0.3) is 10.9 Å². The van der Waals surface area contributed by atoms with Crippen molar-refractivity contribution in [3.05, 3.63) is 58.8 Å². The van der Waals surface area contributed by atoms with Crippen molar-refractivity contribution >= 4 is 46.3 Å². The lowest BCUT2D eigenvalue weighted by Gasteiger charge is -2.39. The molecule has 9 nitrogen and oxygen atoms in total. The second-order valence-corrected chi connectivity index (χ2v) is 9.14. The highest BCUT2D eigenvalue weighted by Gasteiger charge is 2.28. The number of halogens is 2. The first-order valence-electron chi connectivity index (χ1n) is 11.9. The lowest BCUT2D eigenvalue weighted by atomic mass is 10.1. The van der Waals surface area contributed by atoms with E-state index >= 15 is 0 Å². The molecule has 37 heavy (non-hydrogen) atoms. The van der Waals surface area contributed by atoms with Gasteiger partial charge in [-0.2, -0.15) is 5.10 Å². The molecule has 1 fully saturated rings. The summed E-state index contributed by atoms with van der Waals surface area (Å²) in [4.78, 5) is 12.2. The zero-order chi connectivity index (χ0) is 24.5. The van der Waals surface area contributed by atoms with Gasteiger partial charge in [0.25, 0.3) is 0 Å². The Hall–Kier alpha value is -3.14. The second kappa shape index (κ2) is 11.9. The van der Waals surface area contributed by atoms with E-state index in [1.165, 1.54) is 5.69 Å². The topological polar surface area (TPSA) is 103 Å². The monoisotopic (exact) mass is 548 g/mol. The van der Waals surface area contributed by atoms with Crippen molar-refractivity contribution in [2.45, 2.75) is 26.8 Å². The molecule has 1 aliphatic heterocycles. The highest BCUT2D eigenvalue weighted by Crippen LogP contribution is 2.46. The zero-order valence-corrected chi connectivity index (χ0v) is 23.1. The molecular weight excluding hydrogens is 515 g/mol. The van der Waals surface area contributed by atoms with Crippen molar-refractivity contribution in [3.8, 4) is 11.5 Å². The van der Waals surface area contributed by atoms with Gasteiger partial charge >= 0.3 is 0 Å². The van der Waals surface area contributed by atoms with Crippen LogP contribution in [0.1, 0.15) is 23.9 Å². The number of anilines is 2. The molecule has 0 amide bonds. The summed E-state index contributed by atoms with van der Waals surface area (Å²) in [5.74, 6) is 1.45. The average molecular weight is 550 g/mol. The third-order valence-electron chi connectivity index (χ3n) is 6.81. The summed E-state index contributed by atoms with van der Waals surface area (Å²) in [5, 5.41) is 6.90. The Labute approximate surface area is 228 Å². The molecule has 0 spiro atoms. The molecule has 0 aliphatic carbocycles. The second-order valence-electron chi connectivity index (χ2n) is 8.73. The lowest BCUT2D eigenvalue weighted by molar-refractivity contribution is 0.355. The summed E-state index contributed by atoms with van der Waals surface area (Å²) in [6.45, 7) is 8.26. The van der Waals surface area contributed by atoms with Gasteiger partial charge in [-0.05, 0) is 31.0 Å². The third kappa shape index (κ3) is 5.16. The van der Waals surface area contributed by atoms with Crippen LogP contribution in [-0.2, 0) is 13.0 Å². The van der Waals surface area contributed by atoms with Crippen LogP contribution in [0.15, 0.2) is 36.8 Å². The summed E-state index contributed by atoms with van der Waals surface area (Å²) >= 11 is 6.40. The Morgan fingerprint density at radius 3 is 2.43 bits per heavy atom. The van der Waals surface area contributed by atoms with Gasteiger partial charge in [-0.15, -0.1) is 12.4 Å². The van der Waals surface area contributed by atoms with Gasteiger partial charge < -0.3 is 29.7 Å². The minimum Gasteiger partial charge on any atom is -0.493 e. The largest absolute Gasteiger partial charge is 0.493 e. The molecule has 1 saturated heterocycles. The van der Waals surface area contributed by atoms with Crippen molar-refractivity contribution < 1.29 is 14.9 Å². The fraction of sp³-hybridized carbons (Fsp3) is 0.385. The number of fused-ring (bicyclic) bond motifs is 1. The van der Waals surface area contributed by atoms with E-state index in [1.54, 1.807) is 20.5 Å². The van der Waals surface area contributed by atoms with Crippen LogP contribution in [0.2, 0.25) is 5.02 Å². The number of methoxy groups -OCH3 is 2. The molecule has 3 N–H and O–H groups in total. The summed E-state index contributed by atoms with van der Waals surface area (Å²) in [7, 11) is 3.39. The molecule has 4 aromatic rings. The molecule has 0 bridgehead atoms. The molecule has 2 aromatic carbocycles. The Balaban J connectivity index is 0.00000190. The van der Waals surface area contributed by atoms with E-state index in [-0.39, 0.29) is 17.9 Å². The van der Waals surface area contributed by atoms with E-state index in [0.717, 1.165) is 76.9 Å². The summed E-state index contributed by atoms with van der Waals surface area (Å²) in [6, 6.07) is 8.14. The molecule has 200 valence electrons. The first-order chi connectivity index (χ1) is 17.0. The van der Waals surface area contributed by atoms with E-state index in [9.17, 15) is 0 Å². The molecule has 5 rings (SSSR count). The van der Waals surface area contributed by atoms with Crippen LogP contribution in [0.4, 0.5) is 11.4 Å². The number of aryl methyl sites for hydroxylation is 1. The smallest absolute Gasteiger partial charge is 0.185 e. The summed E-state index contributed by atoms with van der Waals surface area (Å²) in [6.07, 6.45) is 4.41. The summed E-state index contributed by atoms with van der Waals surface area (Å²) in [5.41, 5.74) is 6.36. The number of ether oxygens (including phenoxy) is 2. The molecule has 11 heteroatoms. The first kappa shape index (κ1) is 28.4. The van der Waals surface area contributed by atoms with Gasteiger partial charge in [0, 0.05) is 49.2 Å². The fourth-order valence-electron chi connectivity index (χ4n) is 5.01. The number of hydrogen-bond acceptors (Lipinski definition) is 6. The molecule has 0 unspecified atom stereocenters. The highest BCUT2D eigenvalue weighted by molar-refractivity contribution is 6.31. The summed E-state index contributed by atoms with van der Waals surface area (Å²) < 4.78 is 13.7. The first-order valence-corrected chi connectivity index (χ1v) is 12.3. The molecule has 1 aliphatic rings. The number of H-pyrrole nitrogens is 1. The van der Waals surface area contributed by atoms with Crippen LogP contribution in [-0.4, -0.2) is 65.6 Å². The van der Waals surface area contributed by atoms with Crippen LogP contribution in [0.5, 0.6) is 11.5 Å². The van der Waals surface area contributed by atoms with E-state index in [1.807, 2.05) is 29.1 Å². The van der Waals surface area contributed by atoms with Crippen LogP contribution in [0.3, 0.4) is 0 Å². The van der Waals surface area contributed by atoms with Gasteiger partial charge in [-0.3, -0.25) is 4.68 Å². The number of nitrogens with one attached hydrogen (secondary N) is 1. The van der Waals surface area contributed by atoms with Crippen LogP contribution >= 0.6 is 24.0 Å². The Kier molecular flexibility index (Phi) is 9.17. The molecule has 3 heterocycles. The maximum atomic E-state index is 6.40. The Morgan fingerprint density at radius 1 is 1.08 bits per heavy atom. The van der Waals surface area contributed by atoms with Crippen molar-refractivity contribution in [1.82, 2.24) is 19.7 Å². The molecule has 2 aromatic heterocycles. The van der Waals surface area contributed by atoms with Crippen LogP contribution < -0.4 is 19.3 Å². The highest BCUT2D eigenvalue weighted by atomic mass is 35.5. The van der Waals surface area contributed by atoms with Gasteiger partial charge in [-0.25, -0.2) is 4.98 Å². The predicted molar refractivity (Wildman–Crippen MR) is 151 cm³/mol. The number of aromatic amines is 1. The number of aromatic nitrogens is 4. The third-order valence-corrected chi connectivity index (χ3v) is 7.22.